The number of alkyl halides is 3. The number of carbonyl (C=O) groups is 1. The van der Waals surface area contributed by atoms with Crippen LogP contribution in [0.4, 0.5) is 13.2 Å². The van der Waals surface area contributed by atoms with Crippen molar-refractivity contribution in [1.82, 2.24) is 29.5 Å². The molecule has 206 valence electrons. The fourth-order valence-electron chi connectivity index (χ4n) is 4.95. The molecule has 0 spiro atoms. The number of amides is 1. The van der Waals surface area contributed by atoms with Gasteiger partial charge in [0.2, 0.25) is 0 Å². The Labute approximate surface area is 223 Å². The molecule has 1 N–H and O–H groups in total. The molecule has 1 saturated heterocycles. The number of piperidine rings is 1. The average molecular weight is 543 g/mol. The van der Waals surface area contributed by atoms with Crippen LogP contribution in [0.2, 0.25) is 0 Å². The number of hydrogen-bond acceptors (Lipinski definition) is 6. The van der Waals surface area contributed by atoms with Gasteiger partial charge in [0.15, 0.2) is 0 Å². The summed E-state index contributed by atoms with van der Waals surface area (Å²) >= 11 is 0. The van der Waals surface area contributed by atoms with Crippen LogP contribution in [0.15, 0.2) is 60.9 Å². The zero-order chi connectivity index (χ0) is 27.8. The lowest BCUT2D eigenvalue weighted by molar-refractivity contribution is -0.317. The number of imidazole rings is 1. The molecule has 39 heavy (non-hydrogen) atoms. The van der Waals surface area contributed by atoms with Crippen LogP contribution in [0, 0.1) is 0 Å². The minimum Gasteiger partial charge on any atom is -0.468 e. The molecule has 1 fully saturated rings. The van der Waals surface area contributed by atoms with Crippen LogP contribution in [0.3, 0.4) is 0 Å². The number of likely N-dealkylation sites (tertiary alicyclic amines) is 1. The highest BCUT2D eigenvalue weighted by atomic mass is 19.4. The zero-order valence-electron chi connectivity index (χ0n) is 21.8. The maximum absolute atomic E-state index is 14.7. The Morgan fingerprint density at radius 1 is 1.05 bits per heavy atom. The van der Waals surface area contributed by atoms with Crippen molar-refractivity contribution in [3.8, 4) is 17.1 Å². The normalized spacial score (nSPS) is 16.8. The quantitative estimate of drug-likeness (QED) is 0.348. The number of carbonyl (C=O) groups excluding carboxylic acids is 1. The number of nitrogens with one attached hydrogen (secondary N) is 1. The first-order valence-corrected chi connectivity index (χ1v) is 12.5. The van der Waals surface area contributed by atoms with E-state index in [-0.39, 0.29) is 22.6 Å². The van der Waals surface area contributed by atoms with Crippen molar-refractivity contribution < 1.29 is 27.4 Å². The molecular weight excluding hydrogens is 513 g/mol. The molecule has 0 radical (unpaired) electrons. The second kappa shape index (κ2) is 10.3. The molecule has 9 nitrogen and oxygen atoms in total. The molecule has 5 rings (SSSR count). The lowest BCUT2D eigenvalue weighted by Crippen LogP contribution is -2.61. The Kier molecular flexibility index (Phi) is 7.08. The maximum Gasteiger partial charge on any atom is 0.459 e. The lowest BCUT2D eigenvalue weighted by Gasteiger charge is -2.36. The third-order valence-electron chi connectivity index (χ3n) is 7.12. The summed E-state index contributed by atoms with van der Waals surface area (Å²) in [6, 6.07) is 12.4. The molecule has 3 heterocycles. The van der Waals surface area contributed by atoms with Gasteiger partial charge in [-0.25, -0.2) is 4.57 Å². The van der Waals surface area contributed by atoms with Crippen LogP contribution in [-0.2, 0) is 10.6 Å². The van der Waals surface area contributed by atoms with Crippen LogP contribution >= 0.6 is 0 Å². The highest BCUT2D eigenvalue weighted by Gasteiger charge is 2.61. The van der Waals surface area contributed by atoms with Gasteiger partial charge < -0.3 is 14.4 Å². The van der Waals surface area contributed by atoms with E-state index in [9.17, 15) is 18.0 Å². The van der Waals surface area contributed by atoms with Crippen molar-refractivity contribution in [2.24, 2.45) is 0 Å². The van der Waals surface area contributed by atoms with E-state index in [1.807, 2.05) is 16.2 Å². The zero-order valence-corrected chi connectivity index (χ0v) is 21.8. The molecule has 1 atom stereocenters. The van der Waals surface area contributed by atoms with Crippen molar-refractivity contribution >= 4 is 16.9 Å². The second-order valence-electron chi connectivity index (χ2n) is 9.55. The Bertz CT molecular complexity index is 1460. The van der Waals surface area contributed by atoms with Crippen molar-refractivity contribution in [2.75, 3.05) is 34.4 Å². The highest BCUT2D eigenvalue weighted by molar-refractivity contribution is 5.94. The summed E-state index contributed by atoms with van der Waals surface area (Å²) in [7, 11) is 4.17. The largest absolute Gasteiger partial charge is 0.468 e. The summed E-state index contributed by atoms with van der Waals surface area (Å²) in [6.07, 6.45) is 0.581. The van der Waals surface area contributed by atoms with Crippen LogP contribution in [0.5, 0.6) is 6.01 Å². The highest BCUT2D eigenvalue weighted by Crippen LogP contribution is 2.41. The van der Waals surface area contributed by atoms with Crippen molar-refractivity contribution in [2.45, 2.75) is 30.9 Å². The second-order valence-corrected chi connectivity index (χ2v) is 9.55. The van der Waals surface area contributed by atoms with E-state index < -0.39 is 17.9 Å². The Morgan fingerprint density at radius 2 is 1.77 bits per heavy atom. The summed E-state index contributed by atoms with van der Waals surface area (Å²) in [5.41, 5.74) is 1.88. The number of fused-ring (bicyclic) bond motifs is 1. The van der Waals surface area contributed by atoms with Gasteiger partial charge in [-0.2, -0.15) is 23.3 Å². The van der Waals surface area contributed by atoms with Gasteiger partial charge in [0.1, 0.15) is 0 Å². The SMILES string of the molecule is COc1nc2cc(-c3cnn(C4CCN(C)CC4)c3)ccc2n1C(NC(=O)c1ccccc1)(OC)C(F)(F)F. The number of hydrogen-bond donors (Lipinski definition) is 1. The fourth-order valence-corrected chi connectivity index (χ4v) is 4.95. The Morgan fingerprint density at radius 3 is 2.41 bits per heavy atom. The molecular formula is C27H29F3N6O3. The number of rotatable bonds is 7. The van der Waals surface area contributed by atoms with Gasteiger partial charge >= 0.3 is 18.0 Å². The number of halogens is 3. The van der Waals surface area contributed by atoms with Crippen LogP contribution in [-0.4, -0.2) is 70.7 Å². The van der Waals surface area contributed by atoms with Gasteiger partial charge in [-0.05, 0) is 62.8 Å². The Hall–Kier alpha value is -3.90. The summed E-state index contributed by atoms with van der Waals surface area (Å²) in [6.45, 7) is 1.98. The smallest absolute Gasteiger partial charge is 0.459 e. The molecule has 4 aromatic rings. The van der Waals surface area contributed by atoms with Gasteiger partial charge in [0.05, 0.1) is 30.4 Å². The molecule has 2 aromatic carbocycles. The van der Waals surface area contributed by atoms with E-state index in [1.54, 1.807) is 36.5 Å². The molecule has 0 bridgehead atoms. The summed E-state index contributed by atoms with van der Waals surface area (Å²) in [5, 5.41) is 6.57. The predicted octanol–water partition coefficient (Wildman–Crippen LogP) is 4.42. The van der Waals surface area contributed by atoms with Crippen LogP contribution in [0.1, 0.15) is 29.2 Å². The maximum atomic E-state index is 14.7. The first-order chi connectivity index (χ1) is 18.7. The number of aromatic nitrogens is 4. The summed E-state index contributed by atoms with van der Waals surface area (Å²) in [5.74, 6) is -4.27. The van der Waals surface area contributed by atoms with Gasteiger partial charge in [-0.1, -0.05) is 24.3 Å². The molecule has 1 amide bonds. The third-order valence-corrected chi connectivity index (χ3v) is 7.12. The van der Waals surface area contributed by atoms with Crippen LogP contribution < -0.4 is 10.1 Å². The topological polar surface area (TPSA) is 86.4 Å². The fraction of sp³-hybridized carbons (Fsp3) is 0.370. The van der Waals surface area contributed by atoms with E-state index in [0.717, 1.165) is 48.7 Å². The van der Waals surface area contributed by atoms with Gasteiger partial charge in [-0.15, -0.1) is 0 Å². The Balaban J connectivity index is 1.55. The number of ether oxygens (including phenoxy) is 2. The van der Waals surface area contributed by atoms with Gasteiger partial charge in [-0.3, -0.25) is 14.8 Å². The first kappa shape index (κ1) is 26.7. The number of benzene rings is 2. The molecule has 1 unspecified atom stereocenters. The molecule has 0 aliphatic carbocycles. The van der Waals surface area contributed by atoms with E-state index in [0.29, 0.717) is 6.04 Å². The van der Waals surface area contributed by atoms with Crippen molar-refractivity contribution in [3.63, 3.8) is 0 Å². The molecule has 1 aliphatic rings. The van der Waals surface area contributed by atoms with E-state index in [4.69, 9.17) is 9.47 Å². The molecule has 12 heteroatoms. The average Bonchev–Trinajstić information content (AvgIpc) is 3.57. The van der Waals surface area contributed by atoms with Gasteiger partial charge in [0.25, 0.3) is 5.91 Å². The molecule has 2 aromatic heterocycles. The van der Waals surface area contributed by atoms with E-state index in [2.05, 4.69) is 22.0 Å². The minimum atomic E-state index is -5.08. The monoisotopic (exact) mass is 542 g/mol. The van der Waals surface area contributed by atoms with E-state index >= 15 is 0 Å². The molecule has 0 saturated carbocycles. The lowest BCUT2D eigenvalue weighted by atomic mass is 10.1. The molecule has 1 aliphatic heterocycles. The van der Waals surface area contributed by atoms with Crippen LogP contribution in [0.25, 0.3) is 22.2 Å². The first-order valence-electron chi connectivity index (χ1n) is 12.5. The number of methoxy groups -OCH3 is 2. The predicted molar refractivity (Wildman–Crippen MR) is 138 cm³/mol. The van der Waals surface area contributed by atoms with Crippen molar-refractivity contribution in [1.29, 1.82) is 0 Å². The standard InChI is InChI=1S/C27H29F3N6O3/c1-34-13-11-21(12-14-34)35-17-20(16-31-35)19-9-10-23-22(15-19)32-25(38-2)36(23)27(39-3,26(28,29)30)33-24(37)18-7-5-4-6-8-18/h4-10,15-17,21H,11-14H2,1-3H3,(H,33,37). The van der Waals surface area contributed by atoms with E-state index in [1.165, 1.54) is 25.3 Å². The summed E-state index contributed by atoms with van der Waals surface area (Å²) in [4.78, 5) is 19.5. The third kappa shape index (κ3) is 4.85. The number of nitrogens with zero attached hydrogens (tertiary/aromatic N) is 5. The van der Waals surface area contributed by atoms with Crippen molar-refractivity contribution in [3.05, 3.63) is 66.5 Å². The summed E-state index contributed by atoms with van der Waals surface area (Å²) < 4.78 is 57.2. The van der Waals surface area contributed by atoms with Gasteiger partial charge in [0, 0.05) is 24.4 Å². The minimum absolute atomic E-state index is 0.0375.